The fraction of sp³-hybridized carbons (Fsp3) is 1.00. The summed E-state index contributed by atoms with van der Waals surface area (Å²) in [6, 6.07) is 0. The number of hydrogen-bond acceptors (Lipinski definition) is 1. The molecule has 2 fully saturated rings. The highest BCUT2D eigenvalue weighted by molar-refractivity contribution is 5.09. The second-order valence-corrected chi connectivity index (χ2v) is 3.93. The molecular formula is C9H15F2N. The Morgan fingerprint density at radius 1 is 1.25 bits per heavy atom. The molecule has 0 aromatic carbocycles. The number of hydrogen-bond donors (Lipinski definition) is 0. The van der Waals surface area contributed by atoms with Crippen LogP contribution in [-0.4, -0.2) is 29.5 Å². The minimum absolute atomic E-state index is 0.0703. The fourth-order valence-corrected chi connectivity index (χ4v) is 2.84. The van der Waals surface area contributed by atoms with E-state index in [0.29, 0.717) is 19.4 Å². The lowest BCUT2D eigenvalue weighted by Crippen LogP contribution is -2.49. The van der Waals surface area contributed by atoms with E-state index < -0.39 is 11.5 Å². The van der Waals surface area contributed by atoms with Gasteiger partial charge in [0.2, 0.25) is 0 Å². The van der Waals surface area contributed by atoms with Crippen LogP contribution in [0, 0.1) is 0 Å². The molecule has 1 unspecified atom stereocenters. The average Bonchev–Trinajstić information content (AvgIpc) is 2.52. The first-order chi connectivity index (χ1) is 5.62. The molecule has 2 saturated heterocycles. The van der Waals surface area contributed by atoms with E-state index in [1.807, 2.05) is 11.8 Å². The summed E-state index contributed by atoms with van der Waals surface area (Å²) < 4.78 is 27.0. The molecule has 12 heavy (non-hydrogen) atoms. The lowest BCUT2D eigenvalue weighted by molar-refractivity contribution is -0.0853. The Hall–Kier alpha value is -0.180. The van der Waals surface area contributed by atoms with Crippen LogP contribution in [-0.2, 0) is 0 Å². The highest BCUT2D eigenvalue weighted by Crippen LogP contribution is 2.50. The number of halogens is 2. The molecule has 0 aromatic heterocycles. The van der Waals surface area contributed by atoms with Gasteiger partial charge >= 0.3 is 0 Å². The van der Waals surface area contributed by atoms with Crippen molar-refractivity contribution in [2.45, 2.75) is 44.1 Å². The second-order valence-electron chi connectivity index (χ2n) is 3.93. The third-order valence-corrected chi connectivity index (χ3v) is 3.59. The van der Waals surface area contributed by atoms with Crippen molar-refractivity contribution in [3.8, 4) is 0 Å². The lowest BCUT2D eigenvalue weighted by atomic mass is 9.88. The summed E-state index contributed by atoms with van der Waals surface area (Å²) in [7, 11) is 0. The highest BCUT2D eigenvalue weighted by atomic mass is 19.3. The topological polar surface area (TPSA) is 3.24 Å². The molecule has 0 N–H and O–H groups in total. The van der Waals surface area contributed by atoms with E-state index in [0.717, 1.165) is 13.0 Å². The summed E-state index contributed by atoms with van der Waals surface area (Å²) in [5.74, 6) is -2.43. The molecule has 0 aromatic rings. The van der Waals surface area contributed by atoms with Crippen molar-refractivity contribution in [3.05, 3.63) is 0 Å². The van der Waals surface area contributed by atoms with Crippen LogP contribution < -0.4 is 0 Å². The second kappa shape index (κ2) is 2.41. The van der Waals surface area contributed by atoms with E-state index in [4.69, 9.17) is 0 Å². The van der Waals surface area contributed by atoms with E-state index in [9.17, 15) is 8.78 Å². The van der Waals surface area contributed by atoms with Crippen molar-refractivity contribution in [2.24, 2.45) is 0 Å². The van der Waals surface area contributed by atoms with Gasteiger partial charge in [-0.25, -0.2) is 8.78 Å². The summed E-state index contributed by atoms with van der Waals surface area (Å²) in [6.45, 7) is 3.36. The fourth-order valence-electron chi connectivity index (χ4n) is 2.84. The number of fused-ring (bicyclic) bond motifs is 1. The first kappa shape index (κ1) is 8.42. The van der Waals surface area contributed by atoms with E-state index in [1.54, 1.807) is 0 Å². The predicted octanol–water partition coefficient (Wildman–Crippen LogP) is 2.27. The van der Waals surface area contributed by atoms with Gasteiger partial charge in [0.05, 0.1) is 5.54 Å². The number of nitrogens with zero attached hydrogens (tertiary/aromatic N) is 1. The van der Waals surface area contributed by atoms with Gasteiger partial charge in [0.1, 0.15) is 0 Å². The van der Waals surface area contributed by atoms with Gasteiger partial charge < -0.3 is 0 Å². The van der Waals surface area contributed by atoms with Crippen molar-refractivity contribution < 1.29 is 8.78 Å². The first-order valence-corrected chi connectivity index (χ1v) is 4.75. The zero-order chi connectivity index (χ0) is 8.82. The standard InChI is InChI=1S/C9H15F2N/c1-2-8-4-3-6-12(8)7-5-9(8,10)11/h2-7H2,1H3. The smallest absolute Gasteiger partial charge is 0.267 e. The first-order valence-electron chi connectivity index (χ1n) is 4.75. The van der Waals surface area contributed by atoms with Gasteiger partial charge in [0.15, 0.2) is 0 Å². The SMILES string of the molecule is CCC12CCCN1CCC2(F)F. The Morgan fingerprint density at radius 2 is 2.00 bits per heavy atom. The Kier molecular flexibility index (Phi) is 1.69. The summed E-state index contributed by atoms with van der Waals surface area (Å²) in [4.78, 5) is 1.99. The highest BCUT2D eigenvalue weighted by Gasteiger charge is 2.61. The summed E-state index contributed by atoms with van der Waals surface area (Å²) >= 11 is 0. The molecule has 1 atom stereocenters. The normalized spacial score (nSPS) is 40.2. The van der Waals surface area contributed by atoms with Crippen molar-refractivity contribution in [1.82, 2.24) is 4.90 Å². The van der Waals surface area contributed by atoms with Crippen LogP contribution in [0.1, 0.15) is 32.6 Å². The number of alkyl halides is 2. The molecule has 0 amide bonds. The molecule has 1 nitrogen and oxygen atoms in total. The minimum atomic E-state index is -2.43. The molecule has 0 spiro atoms. The molecule has 0 saturated carbocycles. The van der Waals surface area contributed by atoms with Crippen LogP contribution in [0.3, 0.4) is 0 Å². The third kappa shape index (κ3) is 0.804. The van der Waals surface area contributed by atoms with Crippen LogP contribution >= 0.6 is 0 Å². The molecule has 0 radical (unpaired) electrons. The molecule has 2 aliphatic heterocycles. The van der Waals surface area contributed by atoms with Gasteiger partial charge in [-0.3, -0.25) is 4.90 Å². The zero-order valence-corrected chi connectivity index (χ0v) is 7.45. The predicted molar refractivity (Wildman–Crippen MR) is 43.4 cm³/mol. The Labute approximate surface area is 71.7 Å². The van der Waals surface area contributed by atoms with Crippen molar-refractivity contribution in [3.63, 3.8) is 0 Å². The molecule has 2 rings (SSSR count). The molecular weight excluding hydrogens is 160 g/mol. The van der Waals surface area contributed by atoms with Crippen LogP contribution in [0.15, 0.2) is 0 Å². The maximum Gasteiger partial charge on any atom is 0.267 e. The van der Waals surface area contributed by atoms with E-state index in [2.05, 4.69) is 0 Å². The summed E-state index contributed by atoms with van der Waals surface area (Å²) in [5.41, 5.74) is -0.757. The monoisotopic (exact) mass is 175 g/mol. The summed E-state index contributed by atoms with van der Waals surface area (Å²) in [5, 5.41) is 0. The van der Waals surface area contributed by atoms with Crippen LogP contribution in [0.4, 0.5) is 8.78 Å². The molecule has 0 bridgehead atoms. The van der Waals surface area contributed by atoms with Gasteiger partial charge in [-0.15, -0.1) is 0 Å². The quantitative estimate of drug-likeness (QED) is 0.591. The average molecular weight is 175 g/mol. The molecule has 2 aliphatic rings. The van der Waals surface area contributed by atoms with E-state index in [-0.39, 0.29) is 6.42 Å². The molecule has 70 valence electrons. The van der Waals surface area contributed by atoms with Gasteiger partial charge in [-0.2, -0.15) is 0 Å². The minimum Gasteiger partial charge on any atom is -0.292 e. The zero-order valence-electron chi connectivity index (χ0n) is 7.45. The largest absolute Gasteiger partial charge is 0.292 e. The van der Waals surface area contributed by atoms with E-state index in [1.165, 1.54) is 0 Å². The van der Waals surface area contributed by atoms with Crippen molar-refractivity contribution in [2.75, 3.05) is 13.1 Å². The van der Waals surface area contributed by atoms with Crippen molar-refractivity contribution >= 4 is 0 Å². The number of rotatable bonds is 1. The van der Waals surface area contributed by atoms with Crippen LogP contribution in [0.2, 0.25) is 0 Å². The molecule has 2 heterocycles. The maximum absolute atomic E-state index is 13.5. The van der Waals surface area contributed by atoms with Gasteiger partial charge in [0.25, 0.3) is 5.92 Å². The van der Waals surface area contributed by atoms with Gasteiger partial charge in [0, 0.05) is 13.0 Å². The third-order valence-electron chi connectivity index (χ3n) is 3.59. The Balaban J connectivity index is 2.32. The maximum atomic E-state index is 13.5. The van der Waals surface area contributed by atoms with Crippen molar-refractivity contribution in [1.29, 1.82) is 0 Å². The van der Waals surface area contributed by atoms with Crippen LogP contribution in [0.25, 0.3) is 0 Å². The van der Waals surface area contributed by atoms with Crippen LogP contribution in [0.5, 0.6) is 0 Å². The van der Waals surface area contributed by atoms with Gasteiger partial charge in [-0.05, 0) is 25.8 Å². The Morgan fingerprint density at radius 3 is 2.58 bits per heavy atom. The van der Waals surface area contributed by atoms with Gasteiger partial charge in [-0.1, -0.05) is 6.92 Å². The lowest BCUT2D eigenvalue weighted by Gasteiger charge is -2.35. The Bertz CT molecular complexity index is 193. The molecule has 3 heteroatoms. The summed E-state index contributed by atoms with van der Waals surface area (Å²) in [6.07, 6.45) is 2.31. The molecule has 0 aliphatic carbocycles. The van der Waals surface area contributed by atoms with E-state index >= 15 is 0 Å².